The summed E-state index contributed by atoms with van der Waals surface area (Å²) in [6.07, 6.45) is 17.0. The monoisotopic (exact) mass is 813 g/mol. The van der Waals surface area contributed by atoms with Crippen LogP contribution in [0.2, 0.25) is 0 Å². The number of hydrogen-bond acceptors (Lipinski definition) is 2. The number of furan rings is 1. The molecule has 5 atom stereocenters. The summed E-state index contributed by atoms with van der Waals surface area (Å²) in [5.74, 6) is 1.70. The number of fused-ring (bicyclic) bond motifs is 6. The van der Waals surface area contributed by atoms with Gasteiger partial charge in [-0.15, -0.1) is 0 Å². The molecule has 0 saturated carbocycles. The van der Waals surface area contributed by atoms with Crippen LogP contribution in [-0.4, -0.2) is 11.8 Å². The Balaban J connectivity index is 0.954. The molecule has 1 aromatic heterocycles. The second-order valence-electron chi connectivity index (χ2n) is 18.4. The molecule has 4 unspecified atom stereocenters. The van der Waals surface area contributed by atoms with Gasteiger partial charge in [0.15, 0.2) is 0 Å². The van der Waals surface area contributed by atoms with Crippen molar-refractivity contribution in [3.8, 4) is 33.4 Å². The van der Waals surface area contributed by atoms with Gasteiger partial charge in [0.25, 0.3) is 0 Å². The van der Waals surface area contributed by atoms with Crippen molar-refractivity contribution < 1.29 is 4.42 Å². The minimum Gasteiger partial charge on any atom is -0.456 e. The highest BCUT2D eigenvalue weighted by molar-refractivity contribution is 6.35. The quantitative estimate of drug-likeness (QED) is 0.140. The second kappa shape index (κ2) is 15.5. The maximum absolute atomic E-state index is 6.52. The highest BCUT2D eigenvalue weighted by Gasteiger charge is 2.32. The van der Waals surface area contributed by atoms with Gasteiger partial charge in [-0.2, -0.15) is 0 Å². The fourth-order valence-corrected chi connectivity index (χ4v) is 11.6. The van der Waals surface area contributed by atoms with Crippen LogP contribution < -0.4 is 0 Å². The van der Waals surface area contributed by atoms with Crippen LogP contribution >= 0.6 is 0 Å². The number of aliphatic imine (C=N–C) groups is 1. The van der Waals surface area contributed by atoms with Crippen molar-refractivity contribution in [2.75, 3.05) is 0 Å². The molecule has 0 amide bonds. The third-order valence-corrected chi connectivity index (χ3v) is 14.8. The van der Waals surface area contributed by atoms with Crippen molar-refractivity contribution in [1.82, 2.24) is 0 Å². The molecule has 0 saturated heterocycles. The molecular weight excluding hydrogens is 763 g/mol. The standard InChI is InChI=1S/C61H51NO/c1-3-39-36-56(47-21-9-7-15-38(47)2)62-46(29-27-45-34-43-18-8-10-22-48(43)51-24-12-11-23-49(45)51)37-54(39)44-20-13-19-41(33-44)42-28-30-52-53-25-14-26-57-60(53)61-58(63-57)32-31-50(59(61)55(52)35-42)40-16-5-4-6-17-40/h4-26,28,30-33,35,37-39,45,47,56H,3,27,29,34,36H2,1-2H3/t38-,39?,45?,47?,56?/m1/s1. The number of rotatable bonds is 8. The van der Waals surface area contributed by atoms with Gasteiger partial charge < -0.3 is 4.42 Å². The van der Waals surface area contributed by atoms with Crippen LogP contribution in [0.4, 0.5) is 0 Å². The molecule has 0 fully saturated rings. The Hall–Kier alpha value is -6.77. The van der Waals surface area contributed by atoms with Crippen LogP contribution in [-0.2, 0) is 6.42 Å². The summed E-state index contributed by atoms with van der Waals surface area (Å²) in [5.41, 5.74) is 16.5. The van der Waals surface area contributed by atoms with E-state index in [1.165, 1.54) is 93.7 Å². The van der Waals surface area contributed by atoms with Gasteiger partial charge in [0.05, 0.1) is 6.04 Å². The summed E-state index contributed by atoms with van der Waals surface area (Å²) in [6.45, 7) is 4.75. The number of benzene rings is 8. The van der Waals surface area contributed by atoms with Crippen molar-refractivity contribution in [2.45, 2.75) is 57.9 Å². The van der Waals surface area contributed by atoms with Gasteiger partial charge in [0.1, 0.15) is 11.2 Å². The molecule has 1 aliphatic heterocycles. The van der Waals surface area contributed by atoms with Crippen LogP contribution in [0.25, 0.3) is 82.4 Å². The molecule has 2 heteroatoms. The lowest BCUT2D eigenvalue weighted by Crippen LogP contribution is -2.26. The number of nitrogens with zero attached hydrogens (tertiary/aromatic N) is 1. The molecular formula is C61H51NO. The molecule has 2 aliphatic carbocycles. The van der Waals surface area contributed by atoms with Gasteiger partial charge in [-0.3, -0.25) is 4.99 Å². The molecule has 12 rings (SSSR count). The Bertz CT molecular complexity index is 3320. The Kier molecular flexibility index (Phi) is 9.36. The first-order valence-corrected chi connectivity index (χ1v) is 23.2. The van der Waals surface area contributed by atoms with Gasteiger partial charge in [-0.05, 0) is 152 Å². The van der Waals surface area contributed by atoms with Gasteiger partial charge in [-0.25, -0.2) is 0 Å². The summed E-state index contributed by atoms with van der Waals surface area (Å²) in [5, 5.41) is 7.46. The van der Waals surface area contributed by atoms with E-state index in [9.17, 15) is 0 Å². The van der Waals surface area contributed by atoms with Crippen molar-refractivity contribution in [3.63, 3.8) is 0 Å². The van der Waals surface area contributed by atoms with Crippen LogP contribution in [0.1, 0.15) is 62.1 Å². The Morgan fingerprint density at radius 1 is 0.571 bits per heavy atom. The molecule has 0 N–H and O–H groups in total. The van der Waals surface area contributed by atoms with Gasteiger partial charge in [-0.1, -0.05) is 166 Å². The predicted octanol–water partition coefficient (Wildman–Crippen LogP) is 16.5. The first-order chi connectivity index (χ1) is 31.1. The molecule has 0 bridgehead atoms. The molecule has 2 heterocycles. The SMILES string of the molecule is CCC1CC(C2C=CC=C[C@H]2C)N=C(CCC2Cc3ccccc3-c3ccccc32)C=C1c1cccc(-c2ccc3c(c2)c2c(-c4ccccc4)ccc4oc5cccc3c5c42)c1. The minimum atomic E-state index is 0.233. The van der Waals surface area contributed by atoms with Crippen LogP contribution in [0.5, 0.6) is 0 Å². The van der Waals surface area contributed by atoms with Crippen molar-refractivity contribution in [1.29, 1.82) is 0 Å². The average molecular weight is 814 g/mol. The van der Waals surface area contributed by atoms with Crippen molar-refractivity contribution in [3.05, 3.63) is 199 Å². The van der Waals surface area contributed by atoms with E-state index in [4.69, 9.17) is 9.41 Å². The van der Waals surface area contributed by atoms with Gasteiger partial charge in [0, 0.05) is 27.8 Å². The summed E-state index contributed by atoms with van der Waals surface area (Å²) in [6, 6.07) is 56.6. The van der Waals surface area contributed by atoms with E-state index < -0.39 is 0 Å². The summed E-state index contributed by atoms with van der Waals surface area (Å²) >= 11 is 0. The van der Waals surface area contributed by atoms with E-state index in [1.807, 2.05) is 0 Å². The largest absolute Gasteiger partial charge is 0.456 e. The highest BCUT2D eigenvalue weighted by Crippen LogP contribution is 2.48. The van der Waals surface area contributed by atoms with Crippen LogP contribution in [0.15, 0.2) is 191 Å². The van der Waals surface area contributed by atoms with E-state index in [0.29, 0.717) is 23.7 Å². The van der Waals surface area contributed by atoms with Crippen molar-refractivity contribution in [2.24, 2.45) is 22.7 Å². The summed E-state index contributed by atoms with van der Waals surface area (Å²) in [7, 11) is 0. The zero-order valence-electron chi connectivity index (χ0n) is 36.1. The fraction of sp³-hybridized carbons (Fsp3) is 0.197. The lowest BCUT2D eigenvalue weighted by Gasteiger charge is -2.30. The maximum Gasteiger partial charge on any atom is 0.136 e. The van der Waals surface area contributed by atoms with E-state index in [2.05, 4.69) is 196 Å². The average Bonchev–Trinajstić information content (AvgIpc) is 3.62. The summed E-state index contributed by atoms with van der Waals surface area (Å²) < 4.78 is 6.52. The maximum atomic E-state index is 6.52. The first kappa shape index (κ1) is 37.9. The smallest absolute Gasteiger partial charge is 0.136 e. The highest BCUT2D eigenvalue weighted by atomic mass is 16.3. The molecule has 2 nitrogen and oxygen atoms in total. The lowest BCUT2D eigenvalue weighted by molar-refractivity contribution is 0.367. The van der Waals surface area contributed by atoms with E-state index in [0.717, 1.165) is 43.3 Å². The Morgan fingerprint density at radius 2 is 1.33 bits per heavy atom. The Labute approximate surface area is 370 Å². The first-order valence-electron chi connectivity index (χ1n) is 23.2. The van der Waals surface area contributed by atoms with Crippen molar-refractivity contribution >= 4 is 54.8 Å². The van der Waals surface area contributed by atoms with Crippen LogP contribution in [0, 0.1) is 17.8 Å². The third kappa shape index (κ3) is 6.49. The van der Waals surface area contributed by atoms with Gasteiger partial charge >= 0.3 is 0 Å². The zero-order valence-corrected chi connectivity index (χ0v) is 36.1. The number of hydrogen-bond donors (Lipinski definition) is 0. The molecule has 9 aromatic rings. The van der Waals surface area contributed by atoms with Crippen LogP contribution in [0.3, 0.4) is 0 Å². The molecule has 0 spiro atoms. The van der Waals surface area contributed by atoms with Gasteiger partial charge in [0.2, 0.25) is 0 Å². The molecule has 63 heavy (non-hydrogen) atoms. The van der Waals surface area contributed by atoms with E-state index in [1.54, 1.807) is 0 Å². The third-order valence-electron chi connectivity index (χ3n) is 14.8. The lowest BCUT2D eigenvalue weighted by atomic mass is 9.76. The molecule has 0 radical (unpaired) electrons. The zero-order chi connectivity index (χ0) is 42.0. The topological polar surface area (TPSA) is 25.5 Å². The summed E-state index contributed by atoms with van der Waals surface area (Å²) in [4.78, 5) is 5.77. The normalized spacial score (nSPS) is 20.8. The molecule has 8 aromatic carbocycles. The molecule has 306 valence electrons. The van der Waals surface area contributed by atoms with E-state index >= 15 is 0 Å². The minimum absolute atomic E-state index is 0.233. The second-order valence-corrected chi connectivity index (χ2v) is 18.4. The van der Waals surface area contributed by atoms with E-state index in [-0.39, 0.29) is 6.04 Å². The predicted molar refractivity (Wildman–Crippen MR) is 267 cm³/mol. The fourth-order valence-electron chi connectivity index (χ4n) is 11.6. The molecule has 3 aliphatic rings. The number of allylic oxidation sites excluding steroid dienone is 5. The Morgan fingerprint density at radius 3 is 2.22 bits per heavy atom.